The maximum Gasteiger partial charge on any atom is 0.00389 e. The predicted octanol–water partition coefficient (Wildman–Crippen LogP) is 3.74. The smallest absolute Gasteiger partial charge is 0.00389 e. The molecule has 1 unspecified atom stereocenters. The number of nitrogens with one attached hydrogen (secondary N) is 1. The molecular formula is C14H27N. The van der Waals surface area contributed by atoms with Gasteiger partial charge in [-0.3, -0.25) is 0 Å². The molecular weight excluding hydrogens is 182 g/mol. The van der Waals surface area contributed by atoms with Gasteiger partial charge in [-0.1, -0.05) is 26.2 Å². The molecule has 0 aromatic heterocycles. The zero-order valence-electron chi connectivity index (χ0n) is 10.5. The first-order valence-corrected chi connectivity index (χ1v) is 7.00. The van der Waals surface area contributed by atoms with Crippen molar-refractivity contribution in [1.82, 2.24) is 5.32 Å². The summed E-state index contributed by atoms with van der Waals surface area (Å²) in [7, 11) is 0. The Hall–Kier alpha value is -0.0400. The van der Waals surface area contributed by atoms with Crippen LogP contribution >= 0.6 is 0 Å². The lowest BCUT2D eigenvalue weighted by molar-refractivity contribution is 0.0948. The lowest BCUT2D eigenvalue weighted by Gasteiger charge is -2.43. The fraction of sp³-hybridized carbons (Fsp3) is 1.00. The number of hydrogen-bond donors (Lipinski definition) is 1. The average molecular weight is 209 g/mol. The molecule has 1 N–H and O–H groups in total. The molecule has 15 heavy (non-hydrogen) atoms. The van der Waals surface area contributed by atoms with E-state index in [2.05, 4.69) is 19.2 Å². The molecule has 88 valence electrons. The van der Waals surface area contributed by atoms with E-state index in [0.717, 1.165) is 17.4 Å². The molecule has 2 saturated carbocycles. The van der Waals surface area contributed by atoms with Gasteiger partial charge in [0.15, 0.2) is 0 Å². The van der Waals surface area contributed by atoms with E-state index in [4.69, 9.17) is 0 Å². The molecule has 0 bridgehead atoms. The second-order valence-corrected chi connectivity index (χ2v) is 5.91. The summed E-state index contributed by atoms with van der Waals surface area (Å²) in [5, 5.41) is 3.78. The summed E-state index contributed by atoms with van der Waals surface area (Å²) in [6.45, 7) is 5.95. The molecule has 0 radical (unpaired) electrons. The van der Waals surface area contributed by atoms with E-state index >= 15 is 0 Å². The van der Waals surface area contributed by atoms with Crippen molar-refractivity contribution in [3.05, 3.63) is 0 Å². The van der Waals surface area contributed by atoms with Crippen LogP contribution in [0.5, 0.6) is 0 Å². The van der Waals surface area contributed by atoms with Gasteiger partial charge >= 0.3 is 0 Å². The van der Waals surface area contributed by atoms with Gasteiger partial charge < -0.3 is 5.32 Å². The number of unbranched alkanes of at least 4 members (excludes halogenated alkanes) is 1. The fourth-order valence-corrected chi connectivity index (χ4v) is 3.05. The molecule has 0 amide bonds. The van der Waals surface area contributed by atoms with Crippen LogP contribution in [0.25, 0.3) is 0 Å². The first kappa shape index (κ1) is 11.4. The number of hydrogen-bond acceptors (Lipinski definition) is 1. The Morgan fingerprint density at radius 1 is 1.33 bits per heavy atom. The summed E-state index contributed by atoms with van der Waals surface area (Å²) < 4.78 is 0. The van der Waals surface area contributed by atoms with E-state index in [1.165, 1.54) is 57.9 Å². The van der Waals surface area contributed by atoms with Gasteiger partial charge in [0.25, 0.3) is 0 Å². The Bertz CT molecular complexity index is 192. The minimum Gasteiger partial charge on any atom is -0.314 e. The molecule has 1 heteroatoms. The van der Waals surface area contributed by atoms with E-state index in [-0.39, 0.29) is 0 Å². The van der Waals surface area contributed by atoms with Crippen LogP contribution in [0.2, 0.25) is 0 Å². The van der Waals surface area contributed by atoms with E-state index in [9.17, 15) is 0 Å². The first-order valence-electron chi connectivity index (χ1n) is 7.00. The van der Waals surface area contributed by atoms with Crippen molar-refractivity contribution in [2.24, 2.45) is 11.3 Å². The molecule has 0 aromatic rings. The zero-order chi connectivity index (χ0) is 10.7. The lowest BCUT2D eigenvalue weighted by atomic mass is 9.65. The van der Waals surface area contributed by atoms with Crippen LogP contribution in [0.3, 0.4) is 0 Å². The van der Waals surface area contributed by atoms with Crippen LogP contribution in [0.1, 0.15) is 65.2 Å². The van der Waals surface area contributed by atoms with Crippen LogP contribution in [-0.2, 0) is 0 Å². The van der Waals surface area contributed by atoms with Crippen molar-refractivity contribution in [1.29, 1.82) is 0 Å². The van der Waals surface area contributed by atoms with E-state index in [0.29, 0.717) is 0 Å². The van der Waals surface area contributed by atoms with Crippen molar-refractivity contribution in [3.63, 3.8) is 0 Å². The highest BCUT2D eigenvalue weighted by atomic mass is 14.9. The van der Waals surface area contributed by atoms with E-state index < -0.39 is 0 Å². The Morgan fingerprint density at radius 2 is 2.07 bits per heavy atom. The van der Waals surface area contributed by atoms with Gasteiger partial charge in [0.1, 0.15) is 0 Å². The molecule has 0 aliphatic heterocycles. The second kappa shape index (κ2) is 4.86. The third-order valence-corrected chi connectivity index (χ3v) is 4.59. The summed E-state index contributed by atoms with van der Waals surface area (Å²) in [5.41, 5.74) is 0.750. The van der Waals surface area contributed by atoms with Gasteiger partial charge in [-0.05, 0) is 50.4 Å². The molecule has 2 aliphatic carbocycles. The van der Waals surface area contributed by atoms with Crippen molar-refractivity contribution in [2.75, 3.05) is 6.54 Å². The molecule has 2 fully saturated rings. The second-order valence-electron chi connectivity index (χ2n) is 5.91. The third-order valence-electron chi connectivity index (χ3n) is 4.59. The predicted molar refractivity (Wildman–Crippen MR) is 66.0 cm³/mol. The first-order chi connectivity index (χ1) is 7.27. The van der Waals surface area contributed by atoms with Gasteiger partial charge in [-0.25, -0.2) is 0 Å². The molecule has 1 atom stereocenters. The number of rotatable bonds is 7. The summed E-state index contributed by atoms with van der Waals surface area (Å²) >= 11 is 0. The summed E-state index contributed by atoms with van der Waals surface area (Å²) in [6, 6.07) is 0.737. The lowest BCUT2D eigenvalue weighted by Crippen LogP contribution is -2.44. The highest BCUT2D eigenvalue weighted by molar-refractivity contribution is 5.00. The molecule has 0 aromatic carbocycles. The van der Waals surface area contributed by atoms with Crippen LogP contribution in [0, 0.1) is 11.3 Å². The van der Waals surface area contributed by atoms with Gasteiger partial charge in [-0.2, -0.15) is 0 Å². The maximum atomic E-state index is 3.78. The molecule has 0 spiro atoms. The van der Waals surface area contributed by atoms with Crippen molar-refractivity contribution < 1.29 is 0 Å². The van der Waals surface area contributed by atoms with Crippen LogP contribution in [0.4, 0.5) is 0 Å². The molecule has 0 saturated heterocycles. The summed E-state index contributed by atoms with van der Waals surface area (Å²) in [4.78, 5) is 0. The average Bonchev–Trinajstić information content (AvgIpc) is 2.97. The van der Waals surface area contributed by atoms with Crippen LogP contribution < -0.4 is 5.32 Å². The van der Waals surface area contributed by atoms with Gasteiger partial charge in [0.05, 0.1) is 0 Å². The van der Waals surface area contributed by atoms with Crippen molar-refractivity contribution >= 4 is 0 Å². The highest BCUT2D eigenvalue weighted by Crippen LogP contribution is 2.56. The fourth-order valence-electron chi connectivity index (χ4n) is 3.05. The topological polar surface area (TPSA) is 12.0 Å². The van der Waals surface area contributed by atoms with Gasteiger partial charge in [0.2, 0.25) is 0 Å². The normalized spacial score (nSPS) is 26.0. The Labute approximate surface area is 95.0 Å². The van der Waals surface area contributed by atoms with Crippen molar-refractivity contribution in [3.8, 4) is 0 Å². The zero-order valence-corrected chi connectivity index (χ0v) is 10.5. The quantitative estimate of drug-likeness (QED) is 0.673. The minimum atomic E-state index is 0.737. The Kier molecular flexibility index (Phi) is 3.71. The van der Waals surface area contributed by atoms with Gasteiger partial charge in [-0.15, -0.1) is 0 Å². The monoisotopic (exact) mass is 209 g/mol. The highest BCUT2D eigenvalue weighted by Gasteiger charge is 2.48. The van der Waals surface area contributed by atoms with E-state index in [1.807, 2.05) is 0 Å². The largest absolute Gasteiger partial charge is 0.314 e. The molecule has 2 aliphatic rings. The third kappa shape index (κ3) is 2.75. The maximum absolute atomic E-state index is 3.78. The summed E-state index contributed by atoms with van der Waals surface area (Å²) in [5.74, 6) is 1.09. The Morgan fingerprint density at radius 3 is 2.53 bits per heavy atom. The molecule has 0 heterocycles. The van der Waals surface area contributed by atoms with E-state index in [1.54, 1.807) is 0 Å². The molecule has 1 nitrogen and oxygen atoms in total. The van der Waals surface area contributed by atoms with Crippen LogP contribution in [0.15, 0.2) is 0 Å². The summed E-state index contributed by atoms with van der Waals surface area (Å²) in [6.07, 6.45) is 11.6. The minimum absolute atomic E-state index is 0.737. The standard InChI is InChI=1S/C14H27N/c1-3-4-6-12(2)15-11-14(9-5-10-14)13-7-8-13/h12-13,15H,3-11H2,1-2H3. The Balaban J connectivity index is 1.67. The molecule has 2 rings (SSSR count). The van der Waals surface area contributed by atoms with Crippen LogP contribution in [-0.4, -0.2) is 12.6 Å². The van der Waals surface area contributed by atoms with Gasteiger partial charge in [0, 0.05) is 12.6 Å². The van der Waals surface area contributed by atoms with Crippen molar-refractivity contribution in [2.45, 2.75) is 71.3 Å². The SMILES string of the molecule is CCCCC(C)NCC1(C2CC2)CCC1.